The van der Waals surface area contributed by atoms with Crippen LogP contribution in [0.4, 0.5) is 10.2 Å². The number of nitrogens with two attached hydrogens (primary N) is 1. The van der Waals surface area contributed by atoms with Crippen LogP contribution < -0.4 is 10.5 Å². The summed E-state index contributed by atoms with van der Waals surface area (Å²) in [6, 6.07) is 11.2. The van der Waals surface area contributed by atoms with E-state index in [1.807, 2.05) is 0 Å². The van der Waals surface area contributed by atoms with Crippen molar-refractivity contribution in [1.29, 1.82) is 0 Å². The van der Waals surface area contributed by atoms with Crippen molar-refractivity contribution in [3.8, 4) is 22.7 Å². The van der Waals surface area contributed by atoms with Gasteiger partial charge in [0.2, 0.25) is 0 Å². The Morgan fingerprint density at radius 1 is 1.18 bits per heavy atom. The standard InChI is InChI=1S/C15H12ClFN4O/c1-22-11-5-3-10(4-6-11)21-15(18)14(19-20-21)12-7-2-9(17)8-13(12)16/h2-8H,18H2,1H3. The first-order chi connectivity index (χ1) is 10.6. The molecule has 0 aliphatic rings. The zero-order chi connectivity index (χ0) is 15.7. The SMILES string of the molecule is COc1ccc(-n2nnc(-c3ccc(F)cc3Cl)c2N)cc1. The van der Waals surface area contributed by atoms with Gasteiger partial charge in [-0.05, 0) is 42.5 Å². The summed E-state index contributed by atoms with van der Waals surface area (Å²) in [5, 5.41) is 8.31. The van der Waals surface area contributed by atoms with Gasteiger partial charge in [0.1, 0.15) is 17.3 Å². The maximum absolute atomic E-state index is 13.1. The number of rotatable bonds is 3. The van der Waals surface area contributed by atoms with E-state index in [2.05, 4.69) is 10.3 Å². The molecule has 0 saturated heterocycles. The predicted octanol–water partition coefficient (Wildman–Crippen LogP) is 3.32. The number of aromatic nitrogens is 3. The fourth-order valence-electron chi connectivity index (χ4n) is 2.08. The molecular weight excluding hydrogens is 307 g/mol. The molecular formula is C15H12ClFN4O. The number of anilines is 1. The fourth-order valence-corrected chi connectivity index (χ4v) is 2.33. The zero-order valence-electron chi connectivity index (χ0n) is 11.6. The maximum atomic E-state index is 13.1. The van der Waals surface area contributed by atoms with Gasteiger partial charge in [0.25, 0.3) is 0 Å². The van der Waals surface area contributed by atoms with Crippen molar-refractivity contribution in [2.24, 2.45) is 0 Å². The van der Waals surface area contributed by atoms with Gasteiger partial charge >= 0.3 is 0 Å². The Balaban J connectivity index is 2.04. The third-order valence-electron chi connectivity index (χ3n) is 3.21. The van der Waals surface area contributed by atoms with Crippen molar-refractivity contribution in [1.82, 2.24) is 15.0 Å². The van der Waals surface area contributed by atoms with Crippen LogP contribution in [-0.2, 0) is 0 Å². The Labute approximate surface area is 131 Å². The van der Waals surface area contributed by atoms with Gasteiger partial charge in [-0.15, -0.1) is 5.10 Å². The Kier molecular flexibility index (Phi) is 3.68. The van der Waals surface area contributed by atoms with Crippen LogP contribution in [0.5, 0.6) is 5.75 Å². The number of ether oxygens (including phenoxy) is 1. The molecule has 0 bridgehead atoms. The minimum Gasteiger partial charge on any atom is -0.497 e. The number of nitrogen functional groups attached to an aromatic ring is 1. The number of nitrogens with zero attached hydrogens (tertiary/aromatic N) is 3. The summed E-state index contributed by atoms with van der Waals surface area (Å²) in [7, 11) is 1.59. The van der Waals surface area contributed by atoms with Crippen molar-refractivity contribution in [2.45, 2.75) is 0 Å². The molecule has 0 spiro atoms. The number of benzene rings is 2. The van der Waals surface area contributed by atoms with Gasteiger partial charge in [0, 0.05) is 5.56 Å². The van der Waals surface area contributed by atoms with E-state index in [1.54, 1.807) is 31.4 Å². The average Bonchev–Trinajstić information content (AvgIpc) is 2.89. The van der Waals surface area contributed by atoms with Gasteiger partial charge in [-0.3, -0.25) is 0 Å². The molecule has 1 heterocycles. The van der Waals surface area contributed by atoms with Gasteiger partial charge in [-0.25, -0.2) is 4.39 Å². The lowest BCUT2D eigenvalue weighted by Crippen LogP contribution is -2.02. The van der Waals surface area contributed by atoms with Crippen LogP contribution in [0.25, 0.3) is 16.9 Å². The highest BCUT2D eigenvalue weighted by Gasteiger charge is 2.16. The molecule has 0 saturated carbocycles. The summed E-state index contributed by atoms with van der Waals surface area (Å²) < 4.78 is 19.7. The lowest BCUT2D eigenvalue weighted by atomic mass is 10.1. The molecule has 0 atom stereocenters. The molecule has 0 fully saturated rings. The molecule has 3 rings (SSSR count). The van der Waals surface area contributed by atoms with Gasteiger partial charge in [0.05, 0.1) is 17.8 Å². The van der Waals surface area contributed by atoms with E-state index < -0.39 is 5.82 Å². The molecule has 1 aromatic heterocycles. The number of hydrogen-bond acceptors (Lipinski definition) is 4. The maximum Gasteiger partial charge on any atom is 0.155 e. The molecule has 22 heavy (non-hydrogen) atoms. The highest BCUT2D eigenvalue weighted by Crippen LogP contribution is 2.31. The lowest BCUT2D eigenvalue weighted by Gasteiger charge is -2.06. The quantitative estimate of drug-likeness (QED) is 0.804. The third kappa shape index (κ3) is 2.48. The van der Waals surface area contributed by atoms with E-state index in [-0.39, 0.29) is 5.02 Å². The molecule has 5 nitrogen and oxygen atoms in total. The smallest absolute Gasteiger partial charge is 0.155 e. The van der Waals surface area contributed by atoms with Gasteiger partial charge < -0.3 is 10.5 Å². The molecule has 2 aromatic carbocycles. The van der Waals surface area contributed by atoms with E-state index in [4.69, 9.17) is 22.1 Å². The minimum atomic E-state index is -0.421. The zero-order valence-corrected chi connectivity index (χ0v) is 12.4. The van der Waals surface area contributed by atoms with Crippen LogP contribution in [0.1, 0.15) is 0 Å². The first-order valence-electron chi connectivity index (χ1n) is 6.41. The molecule has 0 unspecified atom stereocenters. The molecule has 0 aliphatic heterocycles. The molecule has 3 aromatic rings. The average molecular weight is 319 g/mol. The summed E-state index contributed by atoms with van der Waals surface area (Å²) >= 11 is 6.04. The molecule has 0 aliphatic carbocycles. The Morgan fingerprint density at radius 2 is 1.91 bits per heavy atom. The van der Waals surface area contributed by atoms with Crippen molar-refractivity contribution < 1.29 is 9.13 Å². The molecule has 112 valence electrons. The van der Waals surface area contributed by atoms with Gasteiger partial charge in [-0.2, -0.15) is 4.68 Å². The fraction of sp³-hybridized carbons (Fsp3) is 0.0667. The van der Waals surface area contributed by atoms with Crippen molar-refractivity contribution in [2.75, 3.05) is 12.8 Å². The topological polar surface area (TPSA) is 66.0 Å². The number of hydrogen-bond donors (Lipinski definition) is 1. The summed E-state index contributed by atoms with van der Waals surface area (Å²) in [5.41, 5.74) is 7.76. The van der Waals surface area contributed by atoms with Crippen molar-refractivity contribution in [3.63, 3.8) is 0 Å². The third-order valence-corrected chi connectivity index (χ3v) is 3.52. The van der Waals surface area contributed by atoms with E-state index >= 15 is 0 Å². The van der Waals surface area contributed by atoms with Crippen LogP contribution in [0.3, 0.4) is 0 Å². The predicted molar refractivity (Wildman–Crippen MR) is 82.7 cm³/mol. The van der Waals surface area contributed by atoms with Crippen molar-refractivity contribution in [3.05, 3.63) is 53.3 Å². The number of halogens is 2. The summed E-state index contributed by atoms with van der Waals surface area (Å²) in [6.45, 7) is 0. The second-order valence-corrected chi connectivity index (χ2v) is 4.96. The van der Waals surface area contributed by atoms with Crippen LogP contribution in [0.15, 0.2) is 42.5 Å². The Hall–Kier alpha value is -2.60. The summed E-state index contributed by atoms with van der Waals surface area (Å²) in [5.74, 6) is 0.623. The monoisotopic (exact) mass is 318 g/mol. The van der Waals surface area contributed by atoms with Crippen LogP contribution in [0, 0.1) is 5.82 Å². The highest BCUT2D eigenvalue weighted by atomic mass is 35.5. The van der Waals surface area contributed by atoms with E-state index in [1.165, 1.54) is 22.9 Å². The number of methoxy groups -OCH3 is 1. The second kappa shape index (κ2) is 5.65. The highest BCUT2D eigenvalue weighted by molar-refractivity contribution is 6.33. The van der Waals surface area contributed by atoms with Crippen molar-refractivity contribution >= 4 is 17.4 Å². The normalized spacial score (nSPS) is 10.7. The molecule has 7 heteroatoms. The summed E-state index contributed by atoms with van der Waals surface area (Å²) in [4.78, 5) is 0. The van der Waals surface area contributed by atoms with Crippen LogP contribution in [-0.4, -0.2) is 22.1 Å². The van der Waals surface area contributed by atoms with E-state index in [0.717, 1.165) is 11.4 Å². The summed E-state index contributed by atoms with van der Waals surface area (Å²) in [6.07, 6.45) is 0. The van der Waals surface area contributed by atoms with E-state index in [0.29, 0.717) is 17.1 Å². The van der Waals surface area contributed by atoms with E-state index in [9.17, 15) is 4.39 Å². The molecule has 2 N–H and O–H groups in total. The second-order valence-electron chi connectivity index (χ2n) is 4.56. The van der Waals surface area contributed by atoms with Gasteiger partial charge in [-0.1, -0.05) is 16.8 Å². The lowest BCUT2D eigenvalue weighted by molar-refractivity contribution is 0.414. The molecule has 0 radical (unpaired) electrons. The Bertz CT molecular complexity index is 817. The first kappa shape index (κ1) is 14.3. The Morgan fingerprint density at radius 3 is 2.55 bits per heavy atom. The van der Waals surface area contributed by atoms with Gasteiger partial charge in [0.15, 0.2) is 5.82 Å². The van der Waals surface area contributed by atoms with Crippen LogP contribution in [0.2, 0.25) is 5.02 Å². The minimum absolute atomic E-state index is 0.230. The first-order valence-corrected chi connectivity index (χ1v) is 6.79. The molecule has 0 amide bonds. The largest absolute Gasteiger partial charge is 0.497 e. The van der Waals surface area contributed by atoms with Crippen LogP contribution >= 0.6 is 11.6 Å².